The first-order chi connectivity index (χ1) is 8.64. The molecule has 0 atom stereocenters. The second-order valence-electron chi connectivity index (χ2n) is 4.09. The molecule has 3 rings (SSSR count). The van der Waals surface area contributed by atoms with Gasteiger partial charge in [-0.3, -0.25) is 0 Å². The predicted octanol–water partition coefficient (Wildman–Crippen LogP) is 0.562. The van der Waals surface area contributed by atoms with E-state index in [0.29, 0.717) is 12.8 Å². The summed E-state index contributed by atoms with van der Waals surface area (Å²) in [4.78, 5) is 10.7. The normalized spacial score (nSPS) is 17.3. The molecule has 7 nitrogen and oxygen atoms in total. The van der Waals surface area contributed by atoms with Gasteiger partial charge >= 0.3 is 0 Å². The summed E-state index contributed by atoms with van der Waals surface area (Å²) in [5.74, 6) is 0.0869. The third-order valence-corrected chi connectivity index (χ3v) is 5.02. The molecule has 2 heterocycles. The Balaban J connectivity index is 1.92. The van der Waals surface area contributed by atoms with Gasteiger partial charge in [-0.15, -0.1) is 0 Å². The monoisotopic (exact) mass is 265 g/mol. The zero-order chi connectivity index (χ0) is 12.6. The lowest BCUT2D eigenvalue weighted by Gasteiger charge is -2.17. The number of nitrogens with zero attached hydrogens (tertiary/aromatic N) is 4. The van der Waals surface area contributed by atoms with E-state index in [1.54, 1.807) is 23.0 Å². The highest BCUT2D eigenvalue weighted by Gasteiger charge is 2.56. The van der Waals surface area contributed by atoms with Crippen molar-refractivity contribution < 1.29 is 8.42 Å². The molecule has 0 spiro atoms. The second kappa shape index (κ2) is 3.77. The van der Waals surface area contributed by atoms with Crippen molar-refractivity contribution >= 4 is 16.0 Å². The number of hydrogen-bond donors (Lipinski definition) is 1. The molecule has 1 saturated carbocycles. The molecule has 0 amide bonds. The van der Waals surface area contributed by atoms with Crippen LogP contribution in [-0.2, 0) is 14.9 Å². The number of anilines is 1. The van der Waals surface area contributed by atoms with Gasteiger partial charge in [-0.05, 0) is 18.9 Å². The largest absolute Gasteiger partial charge is 0.316 e. The summed E-state index contributed by atoms with van der Waals surface area (Å²) < 4.78 is 28.7. The van der Waals surface area contributed by atoms with E-state index in [1.807, 2.05) is 0 Å². The van der Waals surface area contributed by atoms with Gasteiger partial charge in [-0.1, -0.05) is 0 Å². The fourth-order valence-electron chi connectivity index (χ4n) is 1.84. The number of rotatable bonds is 4. The molecule has 2 aromatic heterocycles. The van der Waals surface area contributed by atoms with Crippen LogP contribution in [0.2, 0.25) is 0 Å². The minimum Gasteiger partial charge on any atom is -0.316 e. The Kier molecular flexibility index (Phi) is 2.34. The van der Waals surface area contributed by atoms with Gasteiger partial charge in [-0.2, -0.15) is 0 Å². The van der Waals surface area contributed by atoms with Crippen molar-refractivity contribution in [2.45, 2.75) is 17.7 Å². The Morgan fingerprint density at radius 1 is 1.22 bits per heavy atom. The molecular formula is C10H11N5O2S. The Morgan fingerprint density at radius 2 is 1.94 bits per heavy atom. The van der Waals surface area contributed by atoms with Gasteiger partial charge in [0.05, 0.1) is 6.33 Å². The average Bonchev–Trinajstić information content (AvgIpc) is 3.00. The van der Waals surface area contributed by atoms with Crippen LogP contribution in [0.25, 0.3) is 0 Å². The summed E-state index contributed by atoms with van der Waals surface area (Å²) in [5.41, 5.74) is 0. The molecule has 18 heavy (non-hydrogen) atoms. The van der Waals surface area contributed by atoms with E-state index in [1.165, 1.54) is 18.7 Å². The first-order valence-corrected chi connectivity index (χ1v) is 6.90. The summed E-state index contributed by atoms with van der Waals surface area (Å²) in [6, 6.07) is 1.63. The van der Waals surface area contributed by atoms with Crippen LogP contribution < -0.4 is 4.72 Å². The van der Waals surface area contributed by atoms with E-state index < -0.39 is 14.9 Å². The number of sulfonamides is 1. The zero-order valence-corrected chi connectivity index (χ0v) is 10.2. The number of aromatic nitrogens is 4. The fraction of sp³-hybridized carbons (Fsp3) is 0.300. The van der Waals surface area contributed by atoms with E-state index in [2.05, 4.69) is 19.7 Å². The summed E-state index contributed by atoms with van der Waals surface area (Å²) in [5, 5.41) is 0. The molecule has 0 unspecified atom stereocenters. The van der Waals surface area contributed by atoms with Crippen LogP contribution in [-0.4, -0.2) is 27.9 Å². The molecule has 8 heteroatoms. The predicted molar refractivity (Wildman–Crippen MR) is 64.0 cm³/mol. The van der Waals surface area contributed by atoms with Crippen molar-refractivity contribution in [2.75, 3.05) is 4.72 Å². The molecule has 0 aliphatic heterocycles. The van der Waals surface area contributed by atoms with Crippen LogP contribution >= 0.6 is 0 Å². The molecule has 1 fully saturated rings. The first-order valence-electron chi connectivity index (χ1n) is 5.42. The highest BCUT2D eigenvalue weighted by atomic mass is 32.2. The van der Waals surface area contributed by atoms with Gasteiger partial charge in [0.2, 0.25) is 5.95 Å². The molecule has 0 bridgehead atoms. The average molecular weight is 265 g/mol. The molecule has 1 N–H and O–H groups in total. The van der Waals surface area contributed by atoms with Gasteiger partial charge in [0.15, 0.2) is 4.87 Å². The molecule has 2 aromatic rings. The maximum Gasteiger partial charge on any atom is 0.259 e. The van der Waals surface area contributed by atoms with Gasteiger partial charge in [0.25, 0.3) is 10.0 Å². The summed E-state index contributed by atoms with van der Waals surface area (Å²) in [6.45, 7) is 0. The topological polar surface area (TPSA) is 89.8 Å². The quantitative estimate of drug-likeness (QED) is 0.872. The summed E-state index contributed by atoms with van der Waals surface area (Å²) in [6.07, 6.45) is 8.82. The number of hydrogen-bond acceptors (Lipinski definition) is 5. The fourth-order valence-corrected chi connectivity index (χ4v) is 3.40. The minimum absolute atomic E-state index is 0.0869. The Morgan fingerprint density at radius 3 is 2.50 bits per heavy atom. The van der Waals surface area contributed by atoms with Crippen molar-refractivity contribution in [3.05, 3.63) is 37.2 Å². The van der Waals surface area contributed by atoms with Crippen LogP contribution in [0, 0.1) is 0 Å². The molecule has 94 valence electrons. The SMILES string of the molecule is O=S(=O)(Nc1ncccn1)C1(n2ccnc2)CC1. The van der Waals surface area contributed by atoms with Gasteiger partial charge < -0.3 is 4.57 Å². The molecular weight excluding hydrogens is 254 g/mol. The van der Waals surface area contributed by atoms with Crippen LogP contribution in [0.4, 0.5) is 5.95 Å². The van der Waals surface area contributed by atoms with Crippen LogP contribution in [0.1, 0.15) is 12.8 Å². The van der Waals surface area contributed by atoms with E-state index in [9.17, 15) is 8.42 Å². The number of nitrogens with one attached hydrogen (secondary N) is 1. The first kappa shape index (κ1) is 11.1. The Bertz CT molecular complexity index is 634. The van der Waals surface area contributed by atoms with Crippen molar-refractivity contribution in [1.82, 2.24) is 19.5 Å². The lowest BCUT2D eigenvalue weighted by atomic mass is 10.6. The van der Waals surface area contributed by atoms with E-state index in [4.69, 9.17) is 0 Å². The highest BCUT2D eigenvalue weighted by molar-refractivity contribution is 7.93. The van der Waals surface area contributed by atoms with Crippen LogP contribution in [0.5, 0.6) is 0 Å². The van der Waals surface area contributed by atoms with E-state index in [0.717, 1.165) is 0 Å². The minimum atomic E-state index is -3.58. The van der Waals surface area contributed by atoms with Crippen molar-refractivity contribution in [3.63, 3.8) is 0 Å². The molecule has 1 aliphatic rings. The third-order valence-electron chi connectivity index (χ3n) is 2.94. The lowest BCUT2D eigenvalue weighted by Crippen LogP contribution is -2.33. The molecule has 0 aromatic carbocycles. The van der Waals surface area contributed by atoms with Crippen LogP contribution in [0.3, 0.4) is 0 Å². The second-order valence-corrected chi connectivity index (χ2v) is 6.06. The maximum absolute atomic E-state index is 12.3. The van der Waals surface area contributed by atoms with Gasteiger partial charge in [0.1, 0.15) is 0 Å². The third kappa shape index (κ3) is 1.65. The van der Waals surface area contributed by atoms with Gasteiger partial charge in [0, 0.05) is 24.8 Å². The maximum atomic E-state index is 12.3. The van der Waals surface area contributed by atoms with Crippen LogP contribution in [0.15, 0.2) is 37.2 Å². The smallest absolute Gasteiger partial charge is 0.259 e. The highest BCUT2D eigenvalue weighted by Crippen LogP contribution is 2.48. The van der Waals surface area contributed by atoms with E-state index >= 15 is 0 Å². The zero-order valence-electron chi connectivity index (χ0n) is 9.39. The molecule has 1 aliphatic carbocycles. The van der Waals surface area contributed by atoms with Gasteiger partial charge in [-0.25, -0.2) is 28.1 Å². The van der Waals surface area contributed by atoms with Crippen molar-refractivity contribution in [3.8, 4) is 0 Å². The standard InChI is InChI=1S/C10H11N5O2S/c16-18(17,14-9-12-4-1-5-13-9)10(2-3-10)15-7-6-11-8-15/h1,4-8H,2-3H2,(H,12,13,14). The van der Waals surface area contributed by atoms with Crippen molar-refractivity contribution in [2.24, 2.45) is 0 Å². The molecule has 0 radical (unpaired) electrons. The Hall–Kier alpha value is -1.96. The Labute approximate surface area is 104 Å². The lowest BCUT2D eigenvalue weighted by molar-refractivity contribution is 0.544. The van der Waals surface area contributed by atoms with E-state index in [-0.39, 0.29) is 5.95 Å². The van der Waals surface area contributed by atoms with Crippen molar-refractivity contribution in [1.29, 1.82) is 0 Å². The number of imidazole rings is 1. The summed E-state index contributed by atoms with van der Waals surface area (Å²) in [7, 11) is -3.58. The summed E-state index contributed by atoms with van der Waals surface area (Å²) >= 11 is 0. The molecule has 0 saturated heterocycles.